The number of anilines is 1. The van der Waals surface area contributed by atoms with Crippen molar-refractivity contribution < 1.29 is 13.2 Å². The minimum atomic E-state index is -4.39. The first-order valence-corrected chi connectivity index (χ1v) is 6.03. The molecule has 1 aromatic carbocycles. The molecule has 0 bridgehead atoms. The maximum atomic E-state index is 12.8. The molecule has 96 valence electrons. The van der Waals surface area contributed by atoms with Gasteiger partial charge in [0.25, 0.3) is 0 Å². The number of nitrogen functional groups attached to an aromatic ring is 1. The molecule has 0 saturated heterocycles. The normalized spacial score (nSPS) is 11.7. The summed E-state index contributed by atoms with van der Waals surface area (Å²) in [7, 11) is 0. The summed E-state index contributed by atoms with van der Waals surface area (Å²) in [6.07, 6.45) is -1.22. The van der Waals surface area contributed by atoms with Crippen molar-refractivity contribution in [3.05, 3.63) is 41.7 Å². The van der Waals surface area contributed by atoms with Crippen LogP contribution in [0.3, 0.4) is 0 Å². The molecule has 0 atom stereocenters. The van der Waals surface area contributed by atoms with E-state index in [-0.39, 0.29) is 17.0 Å². The van der Waals surface area contributed by atoms with Crippen LogP contribution in [-0.4, -0.2) is 9.97 Å². The van der Waals surface area contributed by atoms with Crippen molar-refractivity contribution in [1.82, 2.24) is 9.97 Å². The van der Waals surface area contributed by atoms with Gasteiger partial charge in [-0.2, -0.15) is 13.2 Å². The highest BCUT2D eigenvalue weighted by atomic mass is 32.2. The molecule has 1 heterocycles. The highest BCUT2D eigenvalue weighted by Gasteiger charge is 2.33. The predicted octanol–water partition coefficient (Wildman–Crippen LogP) is 3.30. The smallest absolute Gasteiger partial charge is 0.399 e. The highest BCUT2D eigenvalue weighted by Crippen LogP contribution is 2.35. The lowest BCUT2D eigenvalue weighted by Gasteiger charge is -2.12. The molecule has 0 aliphatic rings. The number of rotatable bonds is 3. The summed E-state index contributed by atoms with van der Waals surface area (Å²) in [5.41, 5.74) is 4.99. The first kappa shape index (κ1) is 12.8. The van der Waals surface area contributed by atoms with Gasteiger partial charge in [0.05, 0.1) is 5.56 Å². The zero-order chi connectivity index (χ0) is 13.2. The Labute approximate surface area is 106 Å². The molecule has 7 heteroatoms. The van der Waals surface area contributed by atoms with E-state index in [1.54, 1.807) is 12.4 Å². The Bertz CT molecular complexity index is 523. The number of nitrogens with one attached hydrogen (secondary N) is 1. The van der Waals surface area contributed by atoms with Gasteiger partial charge in [-0.15, -0.1) is 0 Å². The molecule has 0 unspecified atom stereocenters. The van der Waals surface area contributed by atoms with E-state index in [1.165, 1.54) is 23.9 Å². The second-order valence-corrected chi connectivity index (χ2v) is 4.56. The molecule has 1 aromatic heterocycles. The van der Waals surface area contributed by atoms with Crippen LogP contribution in [0.15, 0.2) is 35.7 Å². The van der Waals surface area contributed by atoms with Crippen molar-refractivity contribution in [3.63, 3.8) is 0 Å². The van der Waals surface area contributed by atoms with E-state index < -0.39 is 11.7 Å². The second kappa shape index (κ2) is 4.93. The fourth-order valence-corrected chi connectivity index (χ4v) is 2.29. The second-order valence-electron chi connectivity index (χ2n) is 3.60. The Morgan fingerprint density at radius 3 is 2.72 bits per heavy atom. The first-order chi connectivity index (χ1) is 8.47. The third-order valence-corrected chi connectivity index (χ3v) is 3.23. The number of benzene rings is 1. The summed E-state index contributed by atoms with van der Waals surface area (Å²) >= 11 is 1.21. The number of thioether (sulfide) groups is 1. The SMILES string of the molecule is Nc1ccc(CSc2ncc[nH]2)c(C(F)(F)F)c1. The van der Waals surface area contributed by atoms with E-state index in [2.05, 4.69) is 9.97 Å². The fourth-order valence-electron chi connectivity index (χ4n) is 1.46. The fraction of sp³-hybridized carbons (Fsp3) is 0.182. The molecule has 0 aliphatic heterocycles. The van der Waals surface area contributed by atoms with Gasteiger partial charge in [0, 0.05) is 23.8 Å². The average Bonchev–Trinajstić information content (AvgIpc) is 2.79. The van der Waals surface area contributed by atoms with Crippen molar-refractivity contribution >= 4 is 17.4 Å². The third kappa shape index (κ3) is 2.98. The van der Waals surface area contributed by atoms with E-state index >= 15 is 0 Å². The zero-order valence-electron chi connectivity index (χ0n) is 9.16. The highest BCUT2D eigenvalue weighted by molar-refractivity contribution is 7.98. The molecule has 0 amide bonds. The number of hydrogen-bond acceptors (Lipinski definition) is 3. The average molecular weight is 273 g/mol. The largest absolute Gasteiger partial charge is 0.416 e. The summed E-state index contributed by atoms with van der Waals surface area (Å²) in [5, 5.41) is 0.583. The maximum Gasteiger partial charge on any atom is 0.416 e. The van der Waals surface area contributed by atoms with Crippen molar-refractivity contribution in [3.8, 4) is 0 Å². The summed E-state index contributed by atoms with van der Waals surface area (Å²) < 4.78 is 38.4. The lowest BCUT2D eigenvalue weighted by molar-refractivity contribution is -0.138. The van der Waals surface area contributed by atoms with Gasteiger partial charge in [-0.25, -0.2) is 4.98 Å². The van der Waals surface area contributed by atoms with Crippen LogP contribution in [0.1, 0.15) is 11.1 Å². The van der Waals surface area contributed by atoms with E-state index in [9.17, 15) is 13.2 Å². The van der Waals surface area contributed by atoms with Gasteiger partial charge in [0.15, 0.2) is 5.16 Å². The molecular weight excluding hydrogens is 263 g/mol. The molecule has 0 fully saturated rings. The Morgan fingerprint density at radius 1 is 1.33 bits per heavy atom. The van der Waals surface area contributed by atoms with Gasteiger partial charge in [0.2, 0.25) is 0 Å². The lowest BCUT2D eigenvalue weighted by atomic mass is 10.1. The summed E-state index contributed by atoms with van der Waals surface area (Å²) in [5.74, 6) is 0.183. The van der Waals surface area contributed by atoms with Crippen molar-refractivity contribution in [2.45, 2.75) is 17.1 Å². The van der Waals surface area contributed by atoms with Crippen LogP contribution < -0.4 is 5.73 Å². The molecule has 2 rings (SSSR count). The quantitative estimate of drug-likeness (QED) is 0.666. The number of halogens is 3. The number of hydrogen-bond donors (Lipinski definition) is 2. The van der Waals surface area contributed by atoms with E-state index in [4.69, 9.17) is 5.73 Å². The molecule has 3 N–H and O–H groups in total. The first-order valence-electron chi connectivity index (χ1n) is 5.04. The van der Waals surface area contributed by atoms with E-state index in [0.29, 0.717) is 5.16 Å². The Kier molecular flexibility index (Phi) is 3.51. The monoisotopic (exact) mass is 273 g/mol. The maximum absolute atomic E-state index is 12.8. The number of aromatic amines is 1. The molecular formula is C11H10F3N3S. The number of aromatic nitrogens is 2. The van der Waals surface area contributed by atoms with Gasteiger partial charge in [-0.3, -0.25) is 0 Å². The summed E-state index contributed by atoms with van der Waals surface area (Å²) in [6, 6.07) is 3.82. The van der Waals surface area contributed by atoms with Gasteiger partial charge in [-0.1, -0.05) is 17.8 Å². The van der Waals surface area contributed by atoms with Gasteiger partial charge < -0.3 is 10.7 Å². The van der Waals surface area contributed by atoms with Gasteiger partial charge >= 0.3 is 6.18 Å². The molecule has 2 aromatic rings. The molecule has 3 nitrogen and oxygen atoms in total. The van der Waals surface area contributed by atoms with Crippen LogP contribution in [0.25, 0.3) is 0 Å². The minimum Gasteiger partial charge on any atom is -0.399 e. The Balaban J connectivity index is 2.22. The number of H-pyrrole nitrogens is 1. The number of nitrogens with two attached hydrogens (primary N) is 1. The molecule has 0 saturated carbocycles. The van der Waals surface area contributed by atoms with Crippen LogP contribution in [0.2, 0.25) is 0 Å². The summed E-state index contributed by atoms with van der Waals surface area (Å²) in [4.78, 5) is 6.77. The number of alkyl halides is 3. The van der Waals surface area contributed by atoms with Crippen LogP contribution >= 0.6 is 11.8 Å². The van der Waals surface area contributed by atoms with Crippen LogP contribution in [-0.2, 0) is 11.9 Å². The predicted molar refractivity (Wildman–Crippen MR) is 64.0 cm³/mol. The van der Waals surface area contributed by atoms with Crippen LogP contribution in [0.4, 0.5) is 18.9 Å². The van der Waals surface area contributed by atoms with Crippen molar-refractivity contribution in [1.29, 1.82) is 0 Å². The van der Waals surface area contributed by atoms with Gasteiger partial charge in [0.1, 0.15) is 0 Å². The lowest BCUT2D eigenvalue weighted by Crippen LogP contribution is -2.09. The van der Waals surface area contributed by atoms with Crippen LogP contribution in [0, 0.1) is 0 Å². The molecule has 0 aliphatic carbocycles. The molecule has 18 heavy (non-hydrogen) atoms. The number of imidazole rings is 1. The van der Waals surface area contributed by atoms with Gasteiger partial charge in [-0.05, 0) is 17.7 Å². The molecule has 0 radical (unpaired) electrons. The number of nitrogens with zero attached hydrogens (tertiary/aromatic N) is 1. The summed E-state index contributed by atoms with van der Waals surface area (Å²) in [6.45, 7) is 0. The van der Waals surface area contributed by atoms with E-state index in [0.717, 1.165) is 6.07 Å². The van der Waals surface area contributed by atoms with Crippen molar-refractivity contribution in [2.75, 3.05) is 5.73 Å². The molecule has 0 spiro atoms. The van der Waals surface area contributed by atoms with Crippen molar-refractivity contribution in [2.24, 2.45) is 0 Å². The Hall–Kier alpha value is -1.63. The van der Waals surface area contributed by atoms with Crippen LogP contribution in [0.5, 0.6) is 0 Å². The minimum absolute atomic E-state index is 0.106. The van der Waals surface area contributed by atoms with E-state index in [1.807, 2.05) is 0 Å². The topological polar surface area (TPSA) is 54.7 Å². The standard InChI is InChI=1S/C11H10F3N3S/c12-11(13,14)9-5-8(15)2-1-7(9)6-18-10-16-3-4-17-10/h1-5H,6,15H2,(H,16,17). The zero-order valence-corrected chi connectivity index (χ0v) is 9.98. The Morgan fingerprint density at radius 2 is 2.11 bits per heavy atom. The third-order valence-electron chi connectivity index (χ3n) is 2.28.